The Kier molecular flexibility index (Phi) is 4.40. The summed E-state index contributed by atoms with van der Waals surface area (Å²) in [7, 11) is 1.90. The second-order valence-corrected chi connectivity index (χ2v) is 3.53. The third kappa shape index (κ3) is 3.34. The van der Waals surface area contributed by atoms with E-state index in [1.807, 2.05) is 19.2 Å². The minimum Gasteiger partial charge on any atom is -0.476 e. The van der Waals surface area contributed by atoms with Crippen molar-refractivity contribution in [1.82, 2.24) is 10.3 Å². The fraction of sp³-hybridized carbons (Fsp3) is 0.545. The van der Waals surface area contributed by atoms with Gasteiger partial charge in [-0.3, -0.25) is 0 Å². The van der Waals surface area contributed by atoms with Crippen LogP contribution in [0, 0.1) is 0 Å². The molecule has 0 unspecified atom stereocenters. The van der Waals surface area contributed by atoms with Crippen molar-refractivity contribution in [2.24, 2.45) is 0 Å². The SMILES string of the molecule is CNCCOc1cc(C(C)C)ccn1. The van der Waals surface area contributed by atoms with E-state index >= 15 is 0 Å². The number of likely N-dealkylation sites (N-methyl/N-ethyl adjacent to an activating group) is 1. The van der Waals surface area contributed by atoms with Crippen LogP contribution in [-0.2, 0) is 0 Å². The van der Waals surface area contributed by atoms with Crippen molar-refractivity contribution in [2.45, 2.75) is 19.8 Å². The smallest absolute Gasteiger partial charge is 0.213 e. The summed E-state index contributed by atoms with van der Waals surface area (Å²) in [5.74, 6) is 1.23. The normalized spacial score (nSPS) is 10.6. The van der Waals surface area contributed by atoms with Gasteiger partial charge in [0.05, 0.1) is 0 Å². The molecule has 0 saturated carbocycles. The first-order valence-electron chi connectivity index (χ1n) is 4.97. The number of pyridine rings is 1. The molecule has 78 valence electrons. The molecule has 0 bridgehead atoms. The van der Waals surface area contributed by atoms with Crippen molar-refractivity contribution in [3.05, 3.63) is 23.9 Å². The average molecular weight is 194 g/mol. The molecule has 0 aliphatic carbocycles. The zero-order valence-electron chi connectivity index (χ0n) is 9.08. The Morgan fingerprint density at radius 1 is 1.50 bits per heavy atom. The van der Waals surface area contributed by atoms with E-state index in [0.717, 1.165) is 6.54 Å². The second-order valence-electron chi connectivity index (χ2n) is 3.53. The van der Waals surface area contributed by atoms with Gasteiger partial charge in [0.15, 0.2) is 0 Å². The van der Waals surface area contributed by atoms with Crippen molar-refractivity contribution in [1.29, 1.82) is 0 Å². The zero-order chi connectivity index (χ0) is 10.4. The average Bonchev–Trinajstić information content (AvgIpc) is 2.19. The molecule has 0 radical (unpaired) electrons. The fourth-order valence-electron chi connectivity index (χ4n) is 1.12. The third-order valence-electron chi connectivity index (χ3n) is 2.03. The highest BCUT2D eigenvalue weighted by Gasteiger charge is 2.01. The number of nitrogens with zero attached hydrogens (tertiary/aromatic N) is 1. The summed E-state index contributed by atoms with van der Waals surface area (Å²) in [4.78, 5) is 4.14. The predicted molar refractivity (Wildman–Crippen MR) is 57.7 cm³/mol. The van der Waals surface area contributed by atoms with Crippen LogP contribution in [-0.4, -0.2) is 25.2 Å². The van der Waals surface area contributed by atoms with Gasteiger partial charge in [-0.2, -0.15) is 0 Å². The van der Waals surface area contributed by atoms with Crippen molar-refractivity contribution in [3.63, 3.8) is 0 Å². The summed E-state index contributed by atoms with van der Waals surface area (Å²) < 4.78 is 5.46. The van der Waals surface area contributed by atoms with Gasteiger partial charge in [-0.15, -0.1) is 0 Å². The van der Waals surface area contributed by atoms with Gasteiger partial charge >= 0.3 is 0 Å². The molecule has 0 aliphatic rings. The lowest BCUT2D eigenvalue weighted by atomic mass is 10.1. The lowest BCUT2D eigenvalue weighted by Crippen LogP contribution is -2.16. The molecule has 0 atom stereocenters. The molecule has 1 aromatic rings. The molecule has 0 amide bonds. The Balaban J connectivity index is 2.55. The number of aromatic nitrogens is 1. The van der Waals surface area contributed by atoms with E-state index in [-0.39, 0.29) is 0 Å². The number of ether oxygens (including phenoxy) is 1. The van der Waals surface area contributed by atoms with Gasteiger partial charge in [0.25, 0.3) is 0 Å². The predicted octanol–water partition coefficient (Wildman–Crippen LogP) is 1.80. The fourth-order valence-corrected chi connectivity index (χ4v) is 1.12. The summed E-state index contributed by atoms with van der Waals surface area (Å²) in [6.45, 7) is 5.82. The van der Waals surface area contributed by atoms with E-state index in [1.165, 1.54) is 5.56 Å². The molecule has 1 N–H and O–H groups in total. The first kappa shape index (κ1) is 11.0. The van der Waals surface area contributed by atoms with Crippen molar-refractivity contribution in [2.75, 3.05) is 20.2 Å². The summed E-state index contributed by atoms with van der Waals surface area (Å²) in [6, 6.07) is 4.02. The molecule has 14 heavy (non-hydrogen) atoms. The van der Waals surface area contributed by atoms with Crippen LogP contribution in [0.3, 0.4) is 0 Å². The molecular formula is C11H18N2O. The van der Waals surface area contributed by atoms with Gasteiger partial charge in [0.1, 0.15) is 6.61 Å². The van der Waals surface area contributed by atoms with Crippen molar-refractivity contribution < 1.29 is 4.74 Å². The van der Waals surface area contributed by atoms with Gasteiger partial charge in [-0.25, -0.2) is 4.98 Å². The Morgan fingerprint density at radius 2 is 2.29 bits per heavy atom. The first-order chi connectivity index (χ1) is 6.74. The lowest BCUT2D eigenvalue weighted by Gasteiger charge is -2.08. The van der Waals surface area contributed by atoms with Crippen LogP contribution < -0.4 is 10.1 Å². The van der Waals surface area contributed by atoms with Crippen LogP contribution in [0.25, 0.3) is 0 Å². The molecule has 1 heterocycles. The molecule has 0 aliphatic heterocycles. The van der Waals surface area contributed by atoms with Crippen molar-refractivity contribution in [3.8, 4) is 5.88 Å². The van der Waals surface area contributed by atoms with Crippen LogP contribution in [0.2, 0.25) is 0 Å². The van der Waals surface area contributed by atoms with Crippen LogP contribution in [0.4, 0.5) is 0 Å². The topological polar surface area (TPSA) is 34.1 Å². The van der Waals surface area contributed by atoms with Crippen LogP contribution in [0.5, 0.6) is 5.88 Å². The van der Waals surface area contributed by atoms with E-state index < -0.39 is 0 Å². The van der Waals surface area contributed by atoms with E-state index in [1.54, 1.807) is 6.20 Å². The van der Waals surface area contributed by atoms with E-state index in [0.29, 0.717) is 18.4 Å². The van der Waals surface area contributed by atoms with Gasteiger partial charge in [-0.1, -0.05) is 13.8 Å². The lowest BCUT2D eigenvalue weighted by molar-refractivity contribution is 0.306. The molecule has 0 aromatic carbocycles. The van der Waals surface area contributed by atoms with Crippen LogP contribution >= 0.6 is 0 Å². The quantitative estimate of drug-likeness (QED) is 0.726. The summed E-state index contributed by atoms with van der Waals surface area (Å²) in [6.07, 6.45) is 1.80. The molecule has 0 fully saturated rings. The minimum absolute atomic E-state index is 0.518. The standard InChI is InChI=1S/C11H18N2O/c1-9(2)10-4-5-13-11(8-10)14-7-6-12-3/h4-5,8-9,12H,6-7H2,1-3H3. The van der Waals surface area contributed by atoms with Crippen LogP contribution in [0.1, 0.15) is 25.3 Å². The largest absolute Gasteiger partial charge is 0.476 e. The highest BCUT2D eigenvalue weighted by molar-refractivity contribution is 5.22. The third-order valence-corrected chi connectivity index (χ3v) is 2.03. The number of rotatable bonds is 5. The summed E-state index contributed by atoms with van der Waals surface area (Å²) >= 11 is 0. The maximum absolute atomic E-state index is 5.46. The Labute approximate surface area is 85.5 Å². The van der Waals surface area contributed by atoms with E-state index in [2.05, 4.69) is 24.1 Å². The molecule has 3 heteroatoms. The van der Waals surface area contributed by atoms with Crippen LogP contribution in [0.15, 0.2) is 18.3 Å². The summed E-state index contributed by atoms with van der Waals surface area (Å²) in [5, 5.41) is 3.02. The first-order valence-corrected chi connectivity index (χ1v) is 4.97. The van der Waals surface area contributed by atoms with Gasteiger partial charge in [-0.05, 0) is 24.6 Å². The number of hydrogen-bond donors (Lipinski definition) is 1. The minimum atomic E-state index is 0.518. The van der Waals surface area contributed by atoms with E-state index in [9.17, 15) is 0 Å². The van der Waals surface area contributed by atoms with Gasteiger partial charge in [0.2, 0.25) is 5.88 Å². The number of hydrogen-bond acceptors (Lipinski definition) is 3. The van der Waals surface area contributed by atoms with Crippen molar-refractivity contribution >= 4 is 0 Å². The molecule has 1 aromatic heterocycles. The Hall–Kier alpha value is -1.09. The highest BCUT2D eigenvalue weighted by atomic mass is 16.5. The van der Waals surface area contributed by atoms with Gasteiger partial charge in [0, 0.05) is 18.8 Å². The maximum atomic E-state index is 5.46. The highest BCUT2D eigenvalue weighted by Crippen LogP contribution is 2.17. The molecule has 1 rings (SSSR count). The zero-order valence-corrected chi connectivity index (χ0v) is 9.08. The molecule has 0 saturated heterocycles. The number of nitrogens with one attached hydrogen (secondary N) is 1. The monoisotopic (exact) mass is 194 g/mol. The van der Waals surface area contributed by atoms with E-state index in [4.69, 9.17) is 4.74 Å². The van der Waals surface area contributed by atoms with Gasteiger partial charge < -0.3 is 10.1 Å². The maximum Gasteiger partial charge on any atom is 0.213 e. The Morgan fingerprint density at radius 3 is 2.93 bits per heavy atom. The molecular weight excluding hydrogens is 176 g/mol. The summed E-state index contributed by atoms with van der Waals surface area (Å²) in [5.41, 5.74) is 1.26. The molecule has 0 spiro atoms. The Bertz CT molecular complexity index is 274. The molecule has 3 nitrogen and oxygen atoms in total. The second kappa shape index (κ2) is 5.60.